The van der Waals surface area contributed by atoms with E-state index in [1.54, 1.807) is 12.3 Å². The first-order chi connectivity index (χ1) is 18.2. The zero-order valence-electron chi connectivity index (χ0n) is 21.9. The van der Waals surface area contributed by atoms with Crippen LogP contribution in [0, 0.1) is 24.7 Å². The molecule has 4 nitrogen and oxygen atoms in total. The van der Waals surface area contributed by atoms with Crippen molar-refractivity contribution in [3.05, 3.63) is 79.7 Å². The molecule has 0 saturated heterocycles. The van der Waals surface area contributed by atoms with Gasteiger partial charge in [0.05, 0.1) is 15.8 Å². The molecule has 4 bridgehead atoms. The summed E-state index contributed by atoms with van der Waals surface area (Å²) in [5, 5.41) is 22.1. The molecule has 0 aromatic heterocycles. The van der Waals surface area contributed by atoms with Crippen LogP contribution in [-0.2, 0) is 12.0 Å². The first kappa shape index (κ1) is 25.9. The highest BCUT2D eigenvalue weighted by Crippen LogP contribution is 2.62. The van der Waals surface area contributed by atoms with E-state index in [1.165, 1.54) is 49.7 Å². The standard InChI is InChI=1S/C32H34Br2N2O2/c1-19-7-24(30(37)26(8-19)32-14-20-9-21(15-32)11-22(10-20)16-32)18-36(2)29-6-4-3-5-28(29)35-17-23-12-25(33)13-27(34)31(23)38/h3-8,12-13,17,20-22,37-38H,9-11,14-16,18H2,1-2H3/b35-17+. The average Bonchev–Trinajstić information content (AvgIpc) is 2.86. The van der Waals surface area contributed by atoms with E-state index in [2.05, 4.69) is 61.9 Å². The SMILES string of the molecule is Cc1cc(CN(C)c2ccccc2/N=C/c2cc(Br)cc(Br)c2O)c(O)c(C23CC4CC(CC(C4)C2)C3)c1. The molecule has 0 atom stereocenters. The van der Waals surface area contributed by atoms with Crippen LogP contribution in [-0.4, -0.2) is 23.5 Å². The largest absolute Gasteiger partial charge is 0.507 e. The van der Waals surface area contributed by atoms with Gasteiger partial charge >= 0.3 is 0 Å². The van der Waals surface area contributed by atoms with Crippen LogP contribution in [0.4, 0.5) is 11.4 Å². The number of anilines is 1. The highest BCUT2D eigenvalue weighted by atomic mass is 79.9. The van der Waals surface area contributed by atoms with Gasteiger partial charge in [0.15, 0.2) is 0 Å². The summed E-state index contributed by atoms with van der Waals surface area (Å²) in [6.07, 6.45) is 9.59. The number of hydrogen-bond acceptors (Lipinski definition) is 4. The molecule has 3 aromatic rings. The molecule has 4 fully saturated rings. The number of aryl methyl sites for hydroxylation is 1. The van der Waals surface area contributed by atoms with Crippen LogP contribution >= 0.6 is 31.9 Å². The number of aliphatic imine (C=N–C) groups is 1. The number of benzene rings is 3. The summed E-state index contributed by atoms with van der Waals surface area (Å²) in [6.45, 7) is 2.75. The fraction of sp³-hybridized carbons (Fsp3) is 0.406. The first-order valence-corrected chi connectivity index (χ1v) is 15.1. The van der Waals surface area contributed by atoms with Gasteiger partial charge in [-0.2, -0.15) is 0 Å². The molecule has 0 amide bonds. The first-order valence-electron chi connectivity index (χ1n) is 13.6. The molecular weight excluding hydrogens is 604 g/mol. The van der Waals surface area contributed by atoms with Crippen molar-refractivity contribution in [1.29, 1.82) is 0 Å². The van der Waals surface area contributed by atoms with Crippen LogP contribution in [0.2, 0.25) is 0 Å². The highest BCUT2D eigenvalue weighted by Gasteiger charge is 2.52. The molecule has 4 aliphatic rings. The van der Waals surface area contributed by atoms with Gasteiger partial charge < -0.3 is 15.1 Å². The number of nitrogens with zero attached hydrogens (tertiary/aromatic N) is 2. The van der Waals surface area contributed by atoms with Crippen molar-refractivity contribution in [1.82, 2.24) is 0 Å². The number of rotatable bonds is 6. The molecule has 0 radical (unpaired) electrons. The van der Waals surface area contributed by atoms with E-state index in [0.29, 0.717) is 22.3 Å². The maximum Gasteiger partial charge on any atom is 0.138 e. The van der Waals surface area contributed by atoms with E-state index in [4.69, 9.17) is 4.99 Å². The highest BCUT2D eigenvalue weighted by molar-refractivity contribution is 9.11. The Hall–Kier alpha value is -2.31. The lowest BCUT2D eigenvalue weighted by Crippen LogP contribution is -2.48. The monoisotopic (exact) mass is 636 g/mol. The Labute approximate surface area is 242 Å². The molecule has 4 aliphatic carbocycles. The van der Waals surface area contributed by atoms with Crippen molar-refractivity contribution in [2.45, 2.75) is 57.4 Å². The van der Waals surface area contributed by atoms with Gasteiger partial charge in [-0.15, -0.1) is 0 Å². The molecule has 0 unspecified atom stereocenters. The Bertz CT molecular complexity index is 1380. The Balaban J connectivity index is 1.29. The minimum absolute atomic E-state index is 0.153. The van der Waals surface area contributed by atoms with Gasteiger partial charge in [-0.05, 0) is 109 Å². The fourth-order valence-electron chi connectivity index (χ4n) is 7.88. The third-order valence-corrected chi connectivity index (χ3v) is 10.1. The van der Waals surface area contributed by atoms with Crippen LogP contribution in [0.15, 0.2) is 62.5 Å². The molecule has 198 valence electrons. The molecule has 4 saturated carbocycles. The van der Waals surface area contributed by atoms with Crippen LogP contribution < -0.4 is 4.90 Å². The molecule has 6 heteroatoms. The molecule has 7 rings (SSSR count). The summed E-state index contributed by atoms with van der Waals surface area (Å²) in [6, 6.07) is 16.1. The maximum absolute atomic E-state index is 11.7. The smallest absolute Gasteiger partial charge is 0.138 e. The third-order valence-electron chi connectivity index (χ3n) is 9.04. The summed E-state index contributed by atoms with van der Waals surface area (Å²) in [4.78, 5) is 6.89. The summed E-state index contributed by atoms with van der Waals surface area (Å²) >= 11 is 6.87. The minimum atomic E-state index is 0.153. The quantitative estimate of drug-likeness (QED) is 0.266. The fourth-order valence-corrected chi connectivity index (χ4v) is 9.14. The van der Waals surface area contributed by atoms with Crippen LogP contribution in [0.25, 0.3) is 0 Å². The zero-order chi connectivity index (χ0) is 26.6. The number of hydrogen-bond donors (Lipinski definition) is 2. The molecular formula is C32H34Br2N2O2. The Morgan fingerprint density at radius 1 is 0.947 bits per heavy atom. The number of phenolic OH excluding ortho intramolecular Hbond substituents is 2. The predicted octanol–water partition coefficient (Wildman–Crippen LogP) is 8.79. The Morgan fingerprint density at radius 3 is 2.29 bits per heavy atom. The van der Waals surface area contributed by atoms with Crippen molar-refractivity contribution in [2.75, 3.05) is 11.9 Å². The van der Waals surface area contributed by atoms with Gasteiger partial charge in [0, 0.05) is 41.0 Å². The van der Waals surface area contributed by atoms with Gasteiger partial charge in [0.1, 0.15) is 11.5 Å². The van der Waals surface area contributed by atoms with E-state index < -0.39 is 0 Å². The third kappa shape index (κ3) is 4.79. The van der Waals surface area contributed by atoms with E-state index in [-0.39, 0.29) is 11.2 Å². The van der Waals surface area contributed by atoms with Gasteiger partial charge in [-0.3, -0.25) is 4.99 Å². The Morgan fingerprint density at radius 2 is 1.61 bits per heavy atom. The van der Waals surface area contributed by atoms with E-state index in [1.807, 2.05) is 31.3 Å². The summed E-state index contributed by atoms with van der Waals surface area (Å²) in [5.41, 5.74) is 5.95. The van der Waals surface area contributed by atoms with Crippen molar-refractivity contribution < 1.29 is 10.2 Å². The van der Waals surface area contributed by atoms with E-state index in [0.717, 1.165) is 39.2 Å². The second kappa shape index (κ2) is 10.0. The van der Waals surface area contributed by atoms with Gasteiger partial charge in [0.25, 0.3) is 0 Å². The molecule has 0 spiro atoms. The lowest BCUT2D eigenvalue weighted by Gasteiger charge is -2.57. The van der Waals surface area contributed by atoms with Crippen LogP contribution in [0.3, 0.4) is 0 Å². The number of para-hydroxylation sites is 2. The van der Waals surface area contributed by atoms with Gasteiger partial charge in [-0.25, -0.2) is 0 Å². The van der Waals surface area contributed by atoms with Crippen LogP contribution in [0.5, 0.6) is 11.5 Å². The predicted molar refractivity (Wildman–Crippen MR) is 162 cm³/mol. The topological polar surface area (TPSA) is 56.1 Å². The molecule has 38 heavy (non-hydrogen) atoms. The number of aromatic hydroxyl groups is 2. The normalized spacial score (nSPS) is 25.8. The van der Waals surface area contributed by atoms with Crippen LogP contribution in [0.1, 0.15) is 60.8 Å². The second-order valence-electron chi connectivity index (χ2n) is 11.9. The summed E-state index contributed by atoms with van der Waals surface area (Å²) < 4.78 is 1.47. The summed E-state index contributed by atoms with van der Waals surface area (Å²) in [7, 11) is 2.05. The van der Waals surface area contributed by atoms with Crippen molar-refractivity contribution in [3.8, 4) is 11.5 Å². The second-order valence-corrected chi connectivity index (χ2v) is 13.7. The van der Waals surface area contributed by atoms with Gasteiger partial charge in [-0.1, -0.05) is 45.8 Å². The molecule has 0 heterocycles. The van der Waals surface area contributed by atoms with Crippen molar-refractivity contribution in [3.63, 3.8) is 0 Å². The van der Waals surface area contributed by atoms with E-state index >= 15 is 0 Å². The van der Waals surface area contributed by atoms with E-state index in [9.17, 15) is 10.2 Å². The van der Waals surface area contributed by atoms with Crippen molar-refractivity contribution in [2.24, 2.45) is 22.7 Å². The number of halogens is 2. The minimum Gasteiger partial charge on any atom is -0.507 e. The zero-order valence-corrected chi connectivity index (χ0v) is 25.1. The Kier molecular flexibility index (Phi) is 6.84. The maximum atomic E-state index is 11.7. The average molecular weight is 638 g/mol. The molecule has 2 N–H and O–H groups in total. The lowest BCUT2D eigenvalue weighted by molar-refractivity contribution is -0.00621. The molecule has 3 aromatic carbocycles. The number of phenols is 2. The van der Waals surface area contributed by atoms with Crippen molar-refractivity contribution >= 4 is 49.4 Å². The summed E-state index contributed by atoms with van der Waals surface area (Å²) in [5.74, 6) is 3.16. The molecule has 0 aliphatic heterocycles. The lowest BCUT2D eigenvalue weighted by atomic mass is 9.48. The van der Waals surface area contributed by atoms with Gasteiger partial charge in [0.2, 0.25) is 0 Å².